The Morgan fingerprint density at radius 3 is 2.81 bits per heavy atom. The second kappa shape index (κ2) is 4.29. The number of H-pyrrole nitrogens is 1. The highest BCUT2D eigenvalue weighted by Crippen LogP contribution is 2.02. The molecule has 2 rings (SSSR count). The Kier molecular flexibility index (Phi) is 2.67. The molecule has 0 spiro atoms. The first-order valence-electron chi connectivity index (χ1n) is 4.35. The number of carbonyl (C=O) groups is 1. The summed E-state index contributed by atoms with van der Waals surface area (Å²) in [5.41, 5.74) is 5.14. The molecule has 0 bridgehead atoms. The van der Waals surface area contributed by atoms with E-state index in [0.717, 1.165) is 0 Å². The van der Waals surface area contributed by atoms with Crippen molar-refractivity contribution in [1.82, 2.24) is 30.8 Å². The van der Waals surface area contributed by atoms with Crippen LogP contribution in [0.15, 0.2) is 12.1 Å². The number of nitrogens with two attached hydrogens (primary N) is 1. The van der Waals surface area contributed by atoms with Crippen LogP contribution in [0.1, 0.15) is 16.3 Å². The molecule has 0 fully saturated rings. The second-order valence-electron chi connectivity index (χ2n) is 2.85. The monoisotopic (exact) mass is 220 g/mol. The number of hydrogen-bond donors (Lipinski definition) is 3. The predicted octanol–water partition coefficient (Wildman–Crippen LogP) is -1.30. The minimum atomic E-state index is -0.614. The van der Waals surface area contributed by atoms with Gasteiger partial charge in [0.1, 0.15) is 5.82 Å². The van der Waals surface area contributed by atoms with Gasteiger partial charge in [0.15, 0.2) is 11.5 Å². The molecule has 2 aromatic heterocycles. The zero-order valence-electron chi connectivity index (χ0n) is 8.08. The highest BCUT2D eigenvalue weighted by atomic mass is 16.1. The first-order valence-corrected chi connectivity index (χ1v) is 4.35. The van der Waals surface area contributed by atoms with Crippen molar-refractivity contribution in [2.75, 3.05) is 5.32 Å². The van der Waals surface area contributed by atoms with E-state index in [0.29, 0.717) is 18.2 Å². The van der Waals surface area contributed by atoms with Gasteiger partial charge >= 0.3 is 0 Å². The van der Waals surface area contributed by atoms with Gasteiger partial charge in [-0.25, -0.2) is 0 Å². The number of hydrogen-bond acceptors (Lipinski definition) is 7. The predicted molar refractivity (Wildman–Crippen MR) is 52.1 cm³/mol. The molecular formula is C7H8N8O. The maximum Gasteiger partial charge on any atom is 0.269 e. The molecule has 9 nitrogen and oxygen atoms in total. The van der Waals surface area contributed by atoms with Crippen LogP contribution in [-0.2, 0) is 6.54 Å². The van der Waals surface area contributed by atoms with E-state index in [9.17, 15) is 4.79 Å². The first kappa shape index (κ1) is 9.96. The van der Waals surface area contributed by atoms with Gasteiger partial charge in [-0.1, -0.05) is 5.21 Å². The lowest BCUT2D eigenvalue weighted by Crippen LogP contribution is -2.14. The Bertz CT molecular complexity index is 464. The van der Waals surface area contributed by atoms with Gasteiger partial charge in [0.25, 0.3) is 5.91 Å². The largest absolute Gasteiger partial charge is 0.364 e. The lowest BCUT2D eigenvalue weighted by molar-refractivity contribution is 0.0994. The van der Waals surface area contributed by atoms with Crippen molar-refractivity contribution in [2.24, 2.45) is 5.73 Å². The molecule has 0 saturated heterocycles. The average Bonchev–Trinajstić information content (AvgIpc) is 2.80. The third kappa shape index (κ3) is 2.26. The summed E-state index contributed by atoms with van der Waals surface area (Å²) in [6.45, 7) is 0.362. The molecule has 4 N–H and O–H groups in total. The van der Waals surface area contributed by atoms with Crippen molar-refractivity contribution in [1.29, 1.82) is 0 Å². The van der Waals surface area contributed by atoms with E-state index in [-0.39, 0.29) is 5.69 Å². The molecule has 0 saturated carbocycles. The zero-order chi connectivity index (χ0) is 11.4. The maximum atomic E-state index is 10.7. The third-order valence-electron chi connectivity index (χ3n) is 1.73. The Labute approximate surface area is 89.5 Å². The van der Waals surface area contributed by atoms with E-state index in [1.807, 2.05) is 0 Å². The molecule has 82 valence electrons. The van der Waals surface area contributed by atoms with Crippen LogP contribution in [0.5, 0.6) is 0 Å². The molecule has 16 heavy (non-hydrogen) atoms. The summed E-state index contributed by atoms with van der Waals surface area (Å²) >= 11 is 0. The Morgan fingerprint density at radius 2 is 2.25 bits per heavy atom. The molecule has 0 aliphatic heterocycles. The summed E-state index contributed by atoms with van der Waals surface area (Å²) in [7, 11) is 0. The fraction of sp³-hybridized carbons (Fsp3) is 0.143. The van der Waals surface area contributed by atoms with Gasteiger partial charge < -0.3 is 11.1 Å². The van der Waals surface area contributed by atoms with Crippen molar-refractivity contribution >= 4 is 11.7 Å². The minimum Gasteiger partial charge on any atom is -0.364 e. The van der Waals surface area contributed by atoms with Crippen LogP contribution >= 0.6 is 0 Å². The second-order valence-corrected chi connectivity index (χ2v) is 2.85. The van der Waals surface area contributed by atoms with Crippen molar-refractivity contribution in [3.8, 4) is 0 Å². The molecule has 0 aliphatic carbocycles. The third-order valence-corrected chi connectivity index (χ3v) is 1.73. The number of aromatic amines is 1. The maximum absolute atomic E-state index is 10.7. The van der Waals surface area contributed by atoms with Gasteiger partial charge in [-0.2, -0.15) is 5.21 Å². The molecule has 0 unspecified atom stereocenters. The van der Waals surface area contributed by atoms with Gasteiger partial charge in [0.05, 0.1) is 6.54 Å². The zero-order valence-corrected chi connectivity index (χ0v) is 8.08. The highest BCUT2D eigenvalue weighted by Gasteiger charge is 2.03. The topological polar surface area (TPSA) is 135 Å². The van der Waals surface area contributed by atoms with Crippen LogP contribution in [-0.4, -0.2) is 36.7 Å². The molecular weight excluding hydrogens is 212 g/mol. The van der Waals surface area contributed by atoms with Crippen LogP contribution in [0.4, 0.5) is 5.82 Å². The van der Waals surface area contributed by atoms with Crippen LogP contribution in [0, 0.1) is 0 Å². The molecule has 0 atom stereocenters. The van der Waals surface area contributed by atoms with Crippen molar-refractivity contribution in [2.45, 2.75) is 6.54 Å². The molecule has 2 heterocycles. The van der Waals surface area contributed by atoms with Gasteiger partial charge in [0.2, 0.25) is 0 Å². The molecule has 0 radical (unpaired) electrons. The summed E-state index contributed by atoms with van der Waals surface area (Å²) < 4.78 is 0. The number of amides is 1. The van der Waals surface area contributed by atoms with Crippen LogP contribution in [0.25, 0.3) is 0 Å². The number of nitrogens with zero attached hydrogens (tertiary/aromatic N) is 5. The summed E-state index contributed by atoms with van der Waals surface area (Å²) in [6.07, 6.45) is 0. The van der Waals surface area contributed by atoms with E-state index in [2.05, 4.69) is 36.1 Å². The van der Waals surface area contributed by atoms with E-state index in [1.165, 1.54) is 6.07 Å². The van der Waals surface area contributed by atoms with Crippen molar-refractivity contribution < 1.29 is 4.79 Å². The van der Waals surface area contributed by atoms with E-state index >= 15 is 0 Å². The quantitative estimate of drug-likeness (QED) is 0.582. The number of primary amides is 1. The Balaban J connectivity index is 1.98. The van der Waals surface area contributed by atoms with E-state index in [4.69, 9.17) is 5.73 Å². The number of nitrogens with one attached hydrogen (secondary N) is 2. The minimum absolute atomic E-state index is 0.116. The summed E-state index contributed by atoms with van der Waals surface area (Å²) in [6, 6.07) is 3.07. The SMILES string of the molecule is NC(=O)c1ccc(NCc2nn[nH]n2)nn1. The molecule has 1 amide bonds. The lowest BCUT2D eigenvalue weighted by atomic mass is 10.4. The van der Waals surface area contributed by atoms with Crippen LogP contribution in [0.2, 0.25) is 0 Å². The lowest BCUT2D eigenvalue weighted by Gasteiger charge is -2.01. The standard InChI is InChI=1S/C7H8N8O/c8-7(16)4-1-2-5(11-10-4)9-3-6-12-14-15-13-6/h1-2H,3H2,(H2,8,16)(H,9,11)(H,12,13,14,15). The smallest absolute Gasteiger partial charge is 0.269 e. The van der Waals surface area contributed by atoms with Crippen LogP contribution in [0.3, 0.4) is 0 Å². The molecule has 0 aromatic carbocycles. The fourth-order valence-electron chi connectivity index (χ4n) is 0.985. The van der Waals surface area contributed by atoms with Crippen LogP contribution < -0.4 is 11.1 Å². The number of rotatable bonds is 4. The molecule has 2 aromatic rings. The molecule has 9 heteroatoms. The first-order chi connectivity index (χ1) is 7.75. The highest BCUT2D eigenvalue weighted by molar-refractivity contribution is 5.90. The van der Waals surface area contributed by atoms with Gasteiger partial charge in [-0.05, 0) is 12.1 Å². The Hall–Kier alpha value is -2.58. The normalized spacial score (nSPS) is 10.0. The number of anilines is 1. The number of carbonyl (C=O) groups excluding carboxylic acids is 1. The van der Waals surface area contributed by atoms with Gasteiger partial charge in [-0.15, -0.1) is 20.4 Å². The van der Waals surface area contributed by atoms with E-state index < -0.39 is 5.91 Å². The molecule has 0 aliphatic rings. The number of tetrazole rings is 1. The summed E-state index contributed by atoms with van der Waals surface area (Å²) in [5, 5.41) is 23.5. The van der Waals surface area contributed by atoms with Crippen molar-refractivity contribution in [3.05, 3.63) is 23.7 Å². The van der Waals surface area contributed by atoms with Crippen molar-refractivity contribution in [3.63, 3.8) is 0 Å². The Morgan fingerprint density at radius 1 is 1.38 bits per heavy atom. The average molecular weight is 220 g/mol. The summed E-state index contributed by atoms with van der Waals surface area (Å²) in [4.78, 5) is 10.7. The summed E-state index contributed by atoms with van der Waals surface area (Å²) in [5.74, 6) is 0.382. The van der Waals surface area contributed by atoms with Gasteiger partial charge in [0, 0.05) is 0 Å². The van der Waals surface area contributed by atoms with E-state index in [1.54, 1.807) is 6.07 Å². The fourth-order valence-corrected chi connectivity index (χ4v) is 0.985. The van der Waals surface area contributed by atoms with Gasteiger partial charge in [-0.3, -0.25) is 4.79 Å². The number of aromatic nitrogens is 6.